The first kappa shape index (κ1) is 19.9. The molecule has 122 valence electrons. The van der Waals surface area contributed by atoms with Gasteiger partial charge in [0.15, 0.2) is 0 Å². The van der Waals surface area contributed by atoms with Crippen LogP contribution in [-0.2, 0) is 19.0 Å². The van der Waals surface area contributed by atoms with E-state index in [9.17, 15) is 4.79 Å². The lowest BCUT2D eigenvalue weighted by Crippen LogP contribution is -2.44. The lowest BCUT2D eigenvalue weighted by atomic mass is 9.83. The number of rotatable bonds is 14. The maximum Gasteiger partial charge on any atom is 0.146 e. The normalized spacial score (nSPS) is 11.2. The highest BCUT2D eigenvalue weighted by atomic mass is 16.5. The van der Waals surface area contributed by atoms with Crippen molar-refractivity contribution in [2.75, 3.05) is 46.7 Å². The van der Waals surface area contributed by atoms with Crippen molar-refractivity contribution >= 4 is 5.78 Å². The van der Waals surface area contributed by atoms with E-state index in [2.05, 4.69) is 10.0 Å². The first-order chi connectivity index (χ1) is 10.2. The predicted molar refractivity (Wildman–Crippen MR) is 80.2 cm³/mol. The molecular formula is C14H27N3O4. The number of unbranched alkanes of at least 4 members (excludes halogenated alkanes) is 1. The number of carbonyl (C=O) groups excluding carboxylic acids is 1. The van der Waals surface area contributed by atoms with Gasteiger partial charge in [-0.15, -0.1) is 0 Å². The van der Waals surface area contributed by atoms with E-state index in [0.29, 0.717) is 52.2 Å². The van der Waals surface area contributed by atoms with Crippen LogP contribution in [0.25, 0.3) is 10.4 Å². The van der Waals surface area contributed by atoms with Crippen LogP contribution in [0.15, 0.2) is 5.11 Å². The second-order valence-corrected chi connectivity index (χ2v) is 4.82. The summed E-state index contributed by atoms with van der Waals surface area (Å²) in [6, 6.07) is 0. The van der Waals surface area contributed by atoms with Crippen LogP contribution in [0.3, 0.4) is 0 Å². The minimum atomic E-state index is -0.751. The van der Waals surface area contributed by atoms with Crippen molar-refractivity contribution in [3.8, 4) is 0 Å². The fourth-order valence-corrected chi connectivity index (χ4v) is 2.02. The van der Waals surface area contributed by atoms with Crippen LogP contribution in [0.2, 0.25) is 0 Å². The van der Waals surface area contributed by atoms with E-state index < -0.39 is 5.41 Å². The van der Waals surface area contributed by atoms with Gasteiger partial charge in [-0.25, -0.2) is 0 Å². The zero-order valence-electron chi connectivity index (χ0n) is 13.3. The van der Waals surface area contributed by atoms with Gasteiger partial charge in [-0.2, -0.15) is 0 Å². The summed E-state index contributed by atoms with van der Waals surface area (Å²) in [6.07, 6.45) is 1.79. The Morgan fingerprint density at radius 2 is 1.76 bits per heavy atom. The number of ketones is 1. The molecule has 7 nitrogen and oxygen atoms in total. The molecule has 0 spiro atoms. The monoisotopic (exact) mass is 301 g/mol. The third kappa shape index (κ3) is 8.02. The molecule has 0 atom stereocenters. The smallest absolute Gasteiger partial charge is 0.146 e. The minimum Gasteiger partial charge on any atom is -0.383 e. The Hall–Kier alpha value is -1.14. The largest absolute Gasteiger partial charge is 0.383 e. The number of Topliss-reactive ketones (excluding diaryl/α,β-unsaturated/α-hetero) is 1. The van der Waals surface area contributed by atoms with Gasteiger partial charge in [0.1, 0.15) is 5.78 Å². The van der Waals surface area contributed by atoms with Gasteiger partial charge in [-0.1, -0.05) is 5.11 Å². The topological polar surface area (TPSA) is 93.5 Å². The summed E-state index contributed by atoms with van der Waals surface area (Å²) in [5.41, 5.74) is 7.46. The number of hydrogen-bond donors (Lipinski definition) is 0. The summed E-state index contributed by atoms with van der Waals surface area (Å²) < 4.78 is 16.2. The summed E-state index contributed by atoms with van der Waals surface area (Å²) in [5.74, 6) is 0.0761. The lowest BCUT2D eigenvalue weighted by molar-refractivity contribution is -0.143. The molecule has 0 heterocycles. The number of hydrogen-bond acceptors (Lipinski definition) is 5. The van der Waals surface area contributed by atoms with Crippen LogP contribution in [0.1, 0.15) is 33.1 Å². The zero-order chi connectivity index (χ0) is 16.0. The number of methoxy groups -OCH3 is 1. The first-order valence-corrected chi connectivity index (χ1v) is 7.35. The molecule has 0 saturated carbocycles. The van der Waals surface area contributed by atoms with Crippen LogP contribution in [0, 0.1) is 5.41 Å². The molecule has 0 unspecified atom stereocenters. The molecular weight excluding hydrogens is 274 g/mol. The Bertz CT molecular complexity index is 322. The summed E-state index contributed by atoms with van der Waals surface area (Å²) in [5, 5.41) is 3.46. The fraction of sp³-hybridized carbons (Fsp3) is 0.929. The second-order valence-electron chi connectivity index (χ2n) is 4.82. The van der Waals surface area contributed by atoms with Crippen molar-refractivity contribution in [1.82, 2.24) is 0 Å². The van der Waals surface area contributed by atoms with E-state index in [1.54, 1.807) is 7.11 Å². The van der Waals surface area contributed by atoms with Gasteiger partial charge in [0.05, 0.1) is 25.2 Å². The van der Waals surface area contributed by atoms with Crippen LogP contribution >= 0.6 is 0 Å². The molecule has 0 aliphatic rings. The van der Waals surface area contributed by atoms with Crippen molar-refractivity contribution in [2.24, 2.45) is 10.5 Å². The fourth-order valence-electron chi connectivity index (χ4n) is 2.02. The van der Waals surface area contributed by atoms with Gasteiger partial charge in [-0.05, 0) is 32.2 Å². The molecule has 0 N–H and O–H groups in total. The van der Waals surface area contributed by atoms with Gasteiger partial charge in [0, 0.05) is 38.2 Å². The van der Waals surface area contributed by atoms with Crippen LogP contribution in [0.4, 0.5) is 0 Å². The molecule has 0 bridgehead atoms. The van der Waals surface area contributed by atoms with E-state index in [0.717, 1.165) is 0 Å². The Morgan fingerprint density at radius 1 is 1.14 bits per heavy atom. The zero-order valence-corrected chi connectivity index (χ0v) is 13.3. The molecule has 0 aromatic heterocycles. The third-order valence-electron chi connectivity index (χ3n) is 3.15. The van der Waals surface area contributed by atoms with E-state index >= 15 is 0 Å². The minimum absolute atomic E-state index is 0.0761. The van der Waals surface area contributed by atoms with Gasteiger partial charge in [0.25, 0.3) is 0 Å². The van der Waals surface area contributed by atoms with Crippen LogP contribution in [-0.4, -0.2) is 52.5 Å². The Kier molecular flexibility index (Phi) is 11.9. The average Bonchev–Trinajstić information content (AvgIpc) is 2.49. The van der Waals surface area contributed by atoms with Crippen molar-refractivity contribution in [3.05, 3.63) is 10.4 Å². The average molecular weight is 301 g/mol. The highest BCUT2D eigenvalue weighted by molar-refractivity contribution is 5.85. The summed E-state index contributed by atoms with van der Waals surface area (Å²) in [4.78, 5) is 15.2. The van der Waals surface area contributed by atoms with Gasteiger partial charge >= 0.3 is 0 Å². The standard InChI is InChI=1S/C14H27N3O4/c1-4-20-11-14(10-19-3,12-21-5-2)13(18)8-6-7-9-16-17-15/h4-12H2,1-3H3. The first-order valence-electron chi connectivity index (χ1n) is 7.35. The van der Waals surface area contributed by atoms with E-state index in [4.69, 9.17) is 19.7 Å². The molecule has 0 aromatic rings. The molecule has 0 aromatic carbocycles. The number of azide groups is 1. The number of carbonyl (C=O) groups is 1. The van der Waals surface area contributed by atoms with E-state index in [1.165, 1.54) is 0 Å². The Balaban J connectivity index is 4.63. The van der Waals surface area contributed by atoms with Crippen molar-refractivity contribution in [3.63, 3.8) is 0 Å². The molecule has 0 rings (SSSR count). The SMILES string of the molecule is CCOCC(COC)(COCC)C(=O)CCCCN=[N+]=[N-]. The highest BCUT2D eigenvalue weighted by Gasteiger charge is 2.38. The molecule has 0 radical (unpaired) electrons. The van der Waals surface area contributed by atoms with Crippen LogP contribution < -0.4 is 0 Å². The summed E-state index contributed by atoms with van der Waals surface area (Å²) in [6.45, 7) is 6.16. The maximum absolute atomic E-state index is 12.6. The van der Waals surface area contributed by atoms with Gasteiger partial charge in [-0.3, -0.25) is 4.79 Å². The lowest BCUT2D eigenvalue weighted by Gasteiger charge is -2.31. The second kappa shape index (κ2) is 12.6. The molecule has 0 amide bonds. The Labute approximate surface area is 126 Å². The maximum atomic E-state index is 12.6. The van der Waals surface area contributed by atoms with Gasteiger partial charge in [0.2, 0.25) is 0 Å². The molecule has 0 aliphatic carbocycles. The molecule has 21 heavy (non-hydrogen) atoms. The predicted octanol–water partition coefficient (Wildman–Crippen LogP) is 2.74. The van der Waals surface area contributed by atoms with Crippen molar-refractivity contribution < 1.29 is 19.0 Å². The highest BCUT2D eigenvalue weighted by Crippen LogP contribution is 2.24. The quantitative estimate of drug-likeness (QED) is 0.213. The van der Waals surface area contributed by atoms with E-state index in [-0.39, 0.29) is 12.4 Å². The van der Waals surface area contributed by atoms with Crippen LogP contribution in [0.5, 0.6) is 0 Å². The molecule has 0 saturated heterocycles. The number of nitrogens with zero attached hydrogens (tertiary/aromatic N) is 3. The van der Waals surface area contributed by atoms with Crippen molar-refractivity contribution in [2.45, 2.75) is 33.1 Å². The molecule has 0 fully saturated rings. The summed E-state index contributed by atoms with van der Waals surface area (Å²) in [7, 11) is 1.57. The summed E-state index contributed by atoms with van der Waals surface area (Å²) >= 11 is 0. The Morgan fingerprint density at radius 3 is 2.24 bits per heavy atom. The molecule has 0 aliphatic heterocycles. The molecule has 7 heteroatoms. The third-order valence-corrected chi connectivity index (χ3v) is 3.15. The van der Waals surface area contributed by atoms with Crippen molar-refractivity contribution in [1.29, 1.82) is 0 Å². The number of ether oxygens (including phenoxy) is 3. The van der Waals surface area contributed by atoms with Gasteiger partial charge < -0.3 is 14.2 Å². The van der Waals surface area contributed by atoms with E-state index in [1.807, 2.05) is 13.8 Å².